The number of halogens is 1. The molecule has 0 radical (unpaired) electrons. The average molecular weight is 297 g/mol. The first-order valence-corrected chi connectivity index (χ1v) is 5.75. The van der Waals surface area contributed by atoms with E-state index in [0.29, 0.717) is 3.92 Å². The van der Waals surface area contributed by atoms with E-state index in [4.69, 9.17) is 4.74 Å². The molecule has 0 N–H and O–H groups in total. The highest BCUT2D eigenvalue weighted by molar-refractivity contribution is 14.1. The number of hydrogen-bond donors (Lipinski definition) is 0. The van der Waals surface area contributed by atoms with E-state index in [1.165, 1.54) is 0 Å². The third-order valence-electron chi connectivity index (χ3n) is 1.78. The first-order valence-electron chi connectivity index (χ1n) is 4.50. The summed E-state index contributed by atoms with van der Waals surface area (Å²) >= 11 is 2.37. The zero-order chi connectivity index (χ0) is 10.1. The molecule has 13 heavy (non-hydrogen) atoms. The van der Waals surface area contributed by atoms with Crippen LogP contribution in [0.3, 0.4) is 0 Å². The lowest BCUT2D eigenvalue weighted by Crippen LogP contribution is -2.35. The van der Waals surface area contributed by atoms with Gasteiger partial charge in [-0.3, -0.25) is 0 Å². The van der Waals surface area contributed by atoms with Crippen LogP contribution in [0.5, 0.6) is 0 Å². The standard InChI is InChI=1S/C9H16INO2/c1-9(2,3)13-8(12)11-5-4-7(10)6-11/h7H,4-6H2,1-3H3. The molecule has 4 heteroatoms. The van der Waals surface area contributed by atoms with Gasteiger partial charge < -0.3 is 9.64 Å². The van der Waals surface area contributed by atoms with Crippen molar-refractivity contribution in [2.45, 2.75) is 36.7 Å². The molecule has 1 amide bonds. The summed E-state index contributed by atoms with van der Waals surface area (Å²) in [6, 6.07) is 0. The van der Waals surface area contributed by atoms with Gasteiger partial charge in [-0.25, -0.2) is 4.79 Å². The van der Waals surface area contributed by atoms with Crippen LogP contribution in [-0.4, -0.2) is 33.6 Å². The Morgan fingerprint density at radius 2 is 2.15 bits per heavy atom. The van der Waals surface area contributed by atoms with E-state index in [1.54, 1.807) is 4.90 Å². The lowest BCUT2D eigenvalue weighted by Gasteiger charge is -2.24. The smallest absolute Gasteiger partial charge is 0.410 e. The molecule has 0 aliphatic carbocycles. The number of rotatable bonds is 0. The van der Waals surface area contributed by atoms with Crippen molar-refractivity contribution < 1.29 is 9.53 Å². The highest BCUT2D eigenvalue weighted by Crippen LogP contribution is 2.19. The fraction of sp³-hybridized carbons (Fsp3) is 0.889. The van der Waals surface area contributed by atoms with Gasteiger partial charge >= 0.3 is 6.09 Å². The van der Waals surface area contributed by atoms with E-state index in [1.807, 2.05) is 20.8 Å². The highest BCUT2D eigenvalue weighted by atomic mass is 127. The number of ether oxygens (including phenoxy) is 1. The average Bonchev–Trinajstić information content (AvgIpc) is 2.31. The van der Waals surface area contributed by atoms with Crippen molar-refractivity contribution in [2.75, 3.05) is 13.1 Å². The van der Waals surface area contributed by atoms with Crippen LogP contribution in [0.1, 0.15) is 27.2 Å². The Hall–Kier alpha value is 0. The summed E-state index contributed by atoms with van der Waals surface area (Å²) < 4.78 is 5.84. The van der Waals surface area contributed by atoms with Gasteiger partial charge in [0.05, 0.1) is 0 Å². The Morgan fingerprint density at radius 3 is 2.54 bits per heavy atom. The molecule has 0 aromatic heterocycles. The van der Waals surface area contributed by atoms with Crippen LogP contribution in [-0.2, 0) is 4.74 Å². The van der Waals surface area contributed by atoms with E-state index < -0.39 is 0 Å². The van der Waals surface area contributed by atoms with Gasteiger partial charge in [0.15, 0.2) is 0 Å². The van der Waals surface area contributed by atoms with Gasteiger partial charge in [0, 0.05) is 17.0 Å². The summed E-state index contributed by atoms with van der Waals surface area (Å²) in [6.45, 7) is 7.34. The Bertz CT molecular complexity index is 200. The SMILES string of the molecule is CC(C)(C)OC(=O)N1CCC(I)C1. The number of likely N-dealkylation sites (tertiary alicyclic amines) is 1. The zero-order valence-electron chi connectivity index (χ0n) is 8.34. The molecule has 1 aliphatic heterocycles. The molecule has 1 saturated heterocycles. The fourth-order valence-corrected chi connectivity index (χ4v) is 1.96. The summed E-state index contributed by atoms with van der Waals surface area (Å²) in [4.78, 5) is 13.3. The third-order valence-corrected chi connectivity index (χ3v) is 2.80. The number of hydrogen-bond acceptors (Lipinski definition) is 2. The van der Waals surface area contributed by atoms with Crippen LogP contribution in [0.25, 0.3) is 0 Å². The molecule has 76 valence electrons. The topological polar surface area (TPSA) is 29.5 Å². The quantitative estimate of drug-likeness (QED) is 0.508. The summed E-state index contributed by atoms with van der Waals surface area (Å²) in [5.74, 6) is 0. The van der Waals surface area contributed by atoms with E-state index in [0.717, 1.165) is 19.5 Å². The maximum atomic E-state index is 11.5. The molecule has 0 aromatic carbocycles. The molecule has 0 saturated carbocycles. The van der Waals surface area contributed by atoms with Crippen molar-refractivity contribution >= 4 is 28.7 Å². The molecule has 1 unspecified atom stereocenters. The van der Waals surface area contributed by atoms with Crippen molar-refractivity contribution in [3.05, 3.63) is 0 Å². The van der Waals surface area contributed by atoms with Crippen LogP contribution in [0.4, 0.5) is 4.79 Å². The predicted octanol–water partition coefficient (Wildman–Crippen LogP) is 2.43. The molecule has 0 bridgehead atoms. The van der Waals surface area contributed by atoms with Gasteiger partial charge in [-0.2, -0.15) is 0 Å². The molecule has 3 nitrogen and oxygen atoms in total. The van der Waals surface area contributed by atoms with Crippen LogP contribution in [0.2, 0.25) is 0 Å². The minimum Gasteiger partial charge on any atom is -0.444 e. The predicted molar refractivity (Wildman–Crippen MR) is 60.2 cm³/mol. The summed E-state index contributed by atoms with van der Waals surface area (Å²) in [5, 5.41) is 0. The molecule has 1 aliphatic rings. The summed E-state index contributed by atoms with van der Waals surface area (Å²) in [6.07, 6.45) is 0.909. The normalized spacial score (nSPS) is 23.4. The van der Waals surface area contributed by atoms with E-state index in [2.05, 4.69) is 22.6 Å². The van der Waals surface area contributed by atoms with Gasteiger partial charge in [-0.05, 0) is 27.2 Å². The van der Waals surface area contributed by atoms with Crippen LogP contribution in [0.15, 0.2) is 0 Å². The minimum atomic E-state index is -0.375. The molecule has 1 atom stereocenters. The molecule has 1 fully saturated rings. The Morgan fingerprint density at radius 1 is 1.54 bits per heavy atom. The van der Waals surface area contributed by atoms with Crippen LogP contribution >= 0.6 is 22.6 Å². The van der Waals surface area contributed by atoms with Crippen molar-refractivity contribution in [2.24, 2.45) is 0 Å². The second-order valence-corrected chi connectivity index (χ2v) is 6.07. The number of carbonyl (C=O) groups excluding carboxylic acids is 1. The number of carbonyl (C=O) groups is 1. The first-order chi connectivity index (χ1) is 5.88. The summed E-state index contributed by atoms with van der Waals surface area (Å²) in [5.41, 5.74) is -0.375. The Labute approximate surface area is 92.9 Å². The maximum absolute atomic E-state index is 11.5. The monoisotopic (exact) mass is 297 g/mol. The van der Waals surface area contributed by atoms with E-state index in [-0.39, 0.29) is 11.7 Å². The van der Waals surface area contributed by atoms with Crippen molar-refractivity contribution in [1.82, 2.24) is 4.90 Å². The number of amides is 1. The van der Waals surface area contributed by atoms with Gasteiger partial charge in [-0.1, -0.05) is 22.6 Å². The fourth-order valence-electron chi connectivity index (χ4n) is 1.21. The third kappa shape index (κ3) is 3.70. The lowest BCUT2D eigenvalue weighted by atomic mass is 10.2. The van der Waals surface area contributed by atoms with Gasteiger partial charge in [0.25, 0.3) is 0 Å². The van der Waals surface area contributed by atoms with Crippen molar-refractivity contribution in [3.8, 4) is 0 Å². The zero-order valence-corrected chi connectivity index (χ0v) is 10.5. The van der Waals surface area contributed by atoms with Crippen molar-refractivity contribution in [1.29, 1.82) is 0 Å². The van der Waals surface area contributed by atoms with Gasteiger partial charge in [-0.15, -0.1) is 0 Å². The van der Waals surface area contributed by atoms with Gasteiger partial charge in [0.1, 0.15) is 5.60 Å². The Kier molecular flexibility index (Phi) is 3.43. The molecule has 1 heterocycles. The first kappa shape index (κ1) is 11.1. The van der Waals surface area contributed by atoms with Crippen LogP contribution < -0.4 is 0 Å². The Balaban J connectivity index is 2.41. The van der Waals surface area contributed by atoms with Crippen LogP contribution in [0, 0.1) is 0 Å². The molecular formula is C9H16INO2. The van der Waals surface area contributed by atoms with E-state index >= 15 is 0 Å². The minimum absolute atomic E-state index is 0.174. The maximum Gasteiger partial charge on any atom is 0.410 e. The largest absolute Gasteiger partial charge is 0.444 e. The highest BCUT2D eigenvalue weighted by Gasteiger charge is 2.28. The lowest BCUT2D eigenvalue weighted by molar-refractivity contribution is 0.0296. The molecule has 0 aromatic rings. The number of nitrogens with zero attached hydrogens (tertiary/aromatic N) is 1. The molecule has 1 rings (SSSR count). The second-order valence-electron chi connectivity index (χ2n) is 4.31. The summed E-state index contributed by atoms with van der Waals surface area (Å²) in [7, 11) is 0. The number of alkyl halides is 1. The van der Waals surface area contributed by atoms with Gasteiger partial charge in [0.2, 0.25) is 0 Å². The van der Waals surface area contributed by atoms with E-state index in [9.17, 15) is 4.79 Å². The molecular weight excluding hydrogens is 281 g/mol. The molecule has 0 spiro atoms. The van der Waals surface area contributed by atoms with Crippen molar-refractivity contribution in [3.63, 3.8) is 0 Å². The second kappa shape index (κ2) is 4.02.